The summed E-state index contributed by atoms with van der Waals surface area (Å²) in [6.45, 7) is 2.54. The van der Waals surface area contributed by atoms with Gasteiger partial charge in [-0.15, -0.1) is 0 Å². The van der Waals surface area contributed by atoms with E-state index >= 15 is 0 Å². The van der Waals surface area contributed by atoms with Crippen molar-refractivity contribution in [2.45, 2.75) is 26.3 Å². The Labute approximate surface area is 93.2 Å². The van der Waals surface area contributed by atoms with Gasteiger partial charge in [0.2, 0.25) is 0 Å². The molecule has 1 aromatic rings. The van der Waals surface area contributed by atoms with Gasteiger partial charge in [-0.1, -0.05) is 13.3 Å². The van der Waals surface area contributed by atoms with E-state index < -0.39 is 5.91 Å². The van der Waals surface area contributed by atoms with Gasteiger partial charge in [0, 0.05) is 12.6 Å². The van der Waals surface area contributed by atoms with Crippen LogP contribution in [0, 0.1) is 0 Å². The highest BCUT2D eigenvalue weighted by molar-refractivity contribution is 5.91. The normalized spacial score (nSPS) is 10.1. The van der Waals surface area contributed by atoms with Crippen LogP contribution in [0.4, 0.5) is 0 Å². The third kappa shape index (κ3) is 3.16. The van der Waals surface area contributed by atoms with Crippen molar-refractivity contribution in [2.75, 3.05) is 7.11 Å². The number of rotatable bonds is 5. The average molecular weight is 225 g/mol. The molecule has 0 aliphatic rings. The van der Waals surface area contributed by atoms with Crippen LogP contribution < -0.4 is 11.0 Å². The lowest BCUT2D eigenvalue weighted by molar-refractivity contribution is 0.0530. The van der Waals surface area contributed by atoms with Gasteiger partial charge in [0.25, 0.3) is 11.5 Å². The Morgan fingerprint density at radius 3 is 2.94 bits per heavy atom. The van der Waals surface area contributed by atoms with Crippen molar-refractivity contribution in [3.05, 3.63) is 28.2 Å². The number of unbranched alkanes of at least 4 members (excludes halogenated alkanes) is 1. The SMILES string of the molecule is CCCCn1nc(C(=O)NOC)ccc1=O. The molecule has 0 unspecified atom stereocenters. The van der Waals surface area contributed by atoms with Crippen molar-refractivity contribution in [2.24, 2.45) is 0 Å². The number of aryl methyl sites for hydroxylation is 1. The molecule has 1 N–H and O–H groups in total. The molecule has 0 aliphatic carbocycles. The van der Waals surface area contributed by atoms with Crippen LogP contribution in [0.5, 0.6) is 0 Å². The molecular formula is C10H15N3O3. The van der Waals surface area contributed by atoms with E-state index in [1.165, 1.54) is 23.9 Å². The maximum Gasteiger partial charge on any atom is 0.295 e. The van der Waals surface area contributed by atoms with Gasteiger partial charge >= 0.3 is 0 Å². The van der Waals surface area contributed by atoms with Crippen molar-refractivity contribution < 1.29 is 9.63 Å². The molecule has 0 saturated carbocycles. The Morgan fingerprint density at radius 2 is 2.31 bits per heavy atom. The molecule has 1 rings (SSSR count). The minimum absolute atomic E-state index is 0.164. The van der Waals surface area contributed by atoms with Gasteiger partial charge in [-0.05, 0) is 12.5 Å². The molecule has 0 fully saturated rings. The summed E-state index contributed by atoms with van der Waals surface area (Å²) >= 11 is 0. The number of hydroxylamine groups is 1. The number of nitrogens with zero attached hydrogens (tertiary/aromatic N) is 2. The molecule has 0 aromatic carbocycles. The van der Waals surface area contributed by atoms with E-state index in [1.807, 2.05) is 6.92 Å². The Balaban J connectivity index is 2.88. The second-order valence-corrected chi connectivity index (χ2v) is 3.27. The van der Waals surface area contributed by atoms with E-state index in [2.05, 4.69) is 15.4 Å². The Hall–Kier alpha value is -1.69. The fourth-order valence-electron chi connectivity index (χ4n) is 1.18. The zero-order valence-electron chi connectivity index (χ0n) is 9.40. The van der Waals surface area contributed by atoms with Gasteiger partial charge in [-0.3, -0.25) is 14.4 Å². The summed E-state index contributed by atoms with van der Waals surface area (Å²) in [7, 11) is 1.34. The highest BCUT2D eigenvalue weighted by Gasteiger charge is 2.08. The Kier molecular flexibility index (Phi) is 4.65. The van der Waals surface area contributed by atoms with Gasteiger partial charge < -0.3 is 0 Å². The largest absolute Gasteiger partial charge is 0.295 e. The summed E-state index contributed by atoms with van der Waals surface area (Å²) in [6, 6.07) is 2.70. The molecule has 1 aromatic heterocycles. The number of carbonyl (C=O) groups is 1. The van der Waals surface area contributed by atoms with E-state index in [-0.39, 0.29) is 11.3 Å². The lowest BCUT2D eigenvalue weighted by atomic mass is 10.3. The fraction of sp³-hybridized carbons (Fsp3) is 0.500. The molecule has 6 heteroatoms. The monoisotopic (exact) mass is 225 g/mol. The first-order chi connectivity index (χ1) is 7.69. The number of carbonyl (C=O) groups excluding carboxylic acids is 1. The Morgan fingerprint density at radius 1 is 1.56 bits per heavy atom. The second-order valence-electron chi connectivity index (χ2n) is 3.27. The molecule has 0 aliphatic heterocycles. The Bertz CT molecular complexity index is 414. The van der Waals surface area contributed by atoms with Crippen LogP contribution >= 0.6 is 0 Å². The standard InChI is InChI=1S/C10H15N3O3/c1-3-4-7-13-9(14)6-5-8(11-13)10(15)12-16-2/h5-6H,3-4,7H2,1-2H3,(H,12,15). The molecule has 0 saturated heterocycles. The first-order valence-electron chi connectivity index (χ1n) is 5.10. The zero-order chi connectivity index (χ0) is 12.0. The van der Waals surface area contributed by atoms with Crippen molar-refractivity contribution in [1.29, 1.82) is 0 Å². The quantitative estimate of drug-likeness (QED) is 0.733. The minimum Gasteiger partial charge on any atom is -0.277 e. The van der Waals surface area contributed by atoms with Gasteiger partial charge in [0.05, 0.1) is 7.11 Å². The summed E-state index contributed by atoms with van der Waals surface area (Å²) in [6.07, 6.45) is 1.81. The van der Waals surface area contributed by atoms with Crippen molar-refractivity contribution in [1.82, 2.24) is 15.3 Å². The lowest BCUT2D eigenvalue weighted by Gasteiger charge is -2.05. The van der Waals surface area contributed by atoms with Gasteiger partial charge in [-0.25, -0.2) is 10.2 Å². The van der Waals surface area contributed by atoms with Crippen LogP contribution in [-0.2, 0) is 11.4 Å². The molecule has 0 radical (unpaired) electrons. The van der Waals surface area contributed by atoms with Crippen LogP contribution in [0.1, 0.15) is 30.3 Å². The molecular weight excluding hydrogens is 210 g/mol. The van der Waals surface area contributed by atoms with Crippen molar-refractivity contribution >= 4 is 5.91 Å². The van der Waals surface area contributed by atoms with Gasteiger partial charge in [0.1, 0.15) is 0 Å². The van der Waals surface area contributed by atoms with E-state index in [4.69, 9.17) is 0 Å². The number of aromatic nitrogens is 2. The number of amides is 1. The van der Waals surface area contributed by atoms with Crippen LogP contribution in [0.15, 0.2) is 16.9 Å². The lowest BCUT2D eigenvalue weighted by Crippen LogP contribution is -2.29. The van der Waals surface area contributed by atoms with Crippen molar-refractivity contribution in [3.63, 3.8) is 0 Å². The molecule has 0 atom stereocenters. The van der Waals surface area contributed by atoms with E-state index in [0.717, 1.165) is 12.8 Å². The first-order valence-corrected chi connectivity index (χ1v) is 5.10. The van der Waals surface area contributed by atoms with Gasteiger partial charge in [-0.2, -0.15) is 5.10 Å². The van der Waals surface area contributed by atoms with E-state index in [1.54, 1.807) is 0 Å². The van der Waals surface area contributed by atoms with E-state index in [9.17, 15) is 9.59 Å². The van der Waals surface area contributed by atoms with Crippen LogP contribution in [0.2, 0.25) is 0 Å². The maximum absolute atomic E-state index is 11.4. The molecule has 0 spiro atoms. The molecule has 16 heavy (non-hydrogen) atoms. The summed E-state index contributed by atoms with van der Waals surface area (Å²) < 4.78 is 1.29. The first kappa shape index (κ1) is 12.4. The zero-order valence-corrected chi connectivity index (χ0v) is 9.40. The third-order valence-corrected chi connectivity index (χ3v) is 2.02. The fourth-order valence-corrected chi connectivity index (χ4v) is 1.18. The molecule has 88 valence electrons. The summed E-state index contributed by atoms with van der Waals surface area (Å²) in [5.41, 5.74) is 2.11. The molecule has 6 nitrogen and oxygen atoms in total. The predicted molar refractivity (Wildman–Crippen MR) is 57.9 cm³/mol. The molecule has 1 heterocycles. The van der Waals surface area contributed by atoms with Crippen LogP contribution in [-0.4, -0.2) is 22.8 Å². The number of hydrogen-bond acceptors (Lipinski definition) is 4. The molecule has 1 amide bonds. The molecule has 0 bridgehead atoms. The summed E-state index contributed by atoms with van der Waals surface area (Å²) in [5.74, 6) is -0.465. The van der Waals surface area contributed by atoms with Crippen LogP contribution in [0.25, 0.3) is 0 Å². The highest BCUT2D eigenvalue weighted by atomic mass is 16.6. The van der Waals surface area contributed by atoms with Gasteiger partial charge in [0.15, 0.2) is 5.69 Å². The minimum atomic E-state index is -0.465. The summed E-state index contributed by atoms with van der Waals surface area (Å²) in [5, 5.41) is 3.94. The highest BCUT2D eigenvalue weighted by Crippen LogP contribution is 1.93. The predicted octanol–water partition coefficient (Wildman–Crippen LogP) is 0.335. The van der Waals surface area contributed by atoms with Crippen molar-refractivity contribution in [3.8, 4) is 0 Å². The summed E-state index contributed by atoms with van der Waals surface area (Å²) in [4.78, 5) is 27.2. The topological polar surface area (TPSA) is 73.2 Å². The number of hydrogen-bond donors (Lipinski definition) is 1. The third-order valence-electron chi connectivity index (χ3n) is 2.02. The number of nitrogens with one attached hydrogen (secondary N) is 1. The second kappa shape index (κ2) is 6.02. The smallest absolute Gasteiger partial charge is 0.277 e. The average Bonchev–Trinajstić information content (AvgIpc) is 2.28. The maximum atomic E-state index is 11.4. The van der Waals surface area contributed by atoms with Crippen LogP contribution in [0.3, 0.4) is 0 Å². The van der Waals surface area contributed by atoms with E-state index in [0.29, 0.717) is 6.54 Å².